The molecule has 9 heteroatoms. The first kappa shape index (κ1) is 14.0. The molecule has 2 rings (SSSR count). The molecule has 1 heterocycles. The number of thiazole rings is 1. The molecule has 2 aromatic rings. The highest BCUT2D eigenvalue weighted by Crippen LogP contribution is 2.26. The maximum absolute atomic E-state index is 12.9. The number of halogens is 3. The van der Waals surface area contributed by atoms with Crippen LogP contribution in [0.2, 0.25) is 4.47 Å². The molecular weight excluding hydrogens is 414 g/mol. The number of nitrogens with one attached hydrogen (secondary N) is 1. The molecule has 0 unspecified atom stereocenters. The summed E-state index contributed by atoms with van der Waals surface area (Å²) in [7, 11) is -3.73. The summed E-state index contributed by atoms with van der Waals surface area (Å²) in [6.45, 7) is 0. The number of benzene rings is 1. The standard InChI is InChI=1S/C9H5ClFIN2O2S2/c10-9-13-4-8(17-9)18(15,16)14-7-2-1-5(11)3-6(7)12/h1-4,14H. The van der Waals surface area contributed by atoms with Gasteiger partial charge in [-0.3, -0.25) is 4.72 Å². The molecule has 1 N–H and O–H groups in total. The Morgan fingerprint density at radius 3 is 2.72 bits per heavy atom. The molecule has 0 saturated carbocycles. The van der Waals surface area contributed by atoms with Crippen molar-refractivity contribution in [2.45, 2.75) is 4.21 Å². The van der Waals surface area contributed by atoms with E-state index in [4.69, 9.17) is 11.6 Å². The quantitative estimate of drug-likeness (QED) is 0.778. The summed E-state index contributed by atoms with van der Waals surface area (Å²) < 4.78 is 39.8. The fourth-order valence-corrected chi connectivity index (χ4v) is 4.30. The van der Waals surface area contributed by atoms with Gasteiger partial charge in [0.25, 0.3) is 10.0 Å². The van der Waals surface area contributed by atoms with Gasteiger partial charge in [-0.1, -0.05) is 22.9 Å². The van der Waals surface area contributed by atoms with E-state index in [-0.39, 0.29) is 8.68 Å². The Bertz CT molecular complexity index is 690. The Labute approximate surface area is 125 Å². The van der Waals surface area contributed by atoms with Gasteiger partial charge in [-0.05, 0) is 40.8 Å². The van der Waals surface area contributed by atoms with Crippen molar-refractivity contribution in [2.75, 3.05) is 4.72 Å². The van der Waals surface area contributed by atoms with Crippen LogP contribution in [0.25, 0.3) is 0 Å². The zero-order valence-electron chi connectivity index (χ0n) is 8.52. The van der Waals surface area contributed by atoms with E-state index in [2.05, 4.69) is 9.71 Å². The van der Waals surface area contributed by atoms with Gasteiger partial charge in [-0.15, -0.1) is 0 Å². The lowest BCUT2D eigenvalue weighted by atomic mass is 10.3. The fourth-order valence-electron chi connectivity index (χ4n) is 1.13. The summed E-state index contributed by atoms with van der Waals surface area (Å²) in [6.07, 6.45) is 1.17. The number of rotatable bonds is 3. The molecule has 0 aliphatic carbocycles. The van der Waals surface area contributed by atoms with Crippen LogP contribution in [0.15, 0.2) is 28.6 Å². The Morgan fingerprint density at radius 2 is 2.17 bits per heavy atom. The molecule has 1 aromatic carbocycles. The van der Waals surface area contributed by atoms with Crippen molar-refractivity contribution in [1.82, 2.24) is 4.98 Å². The average molecular weight is 419 g/mol. The first-order valence-electron chi connectivity index (χ1n) is 4.48. The summed E-state index contributed by atoms with van der Waals surface area (Å²) in [4.78, 5) is 3.66. The molecule has 0 spiro atoms. The molecule has 0 amide bonds. The topological polar surface area (TPSA) is 59.1 Å². The van der Waals surface area contributed by atoms with Gasteiger partial charge in [-0.25, -0.2) is 17.8 Å². The van der Waals surface area contributed by atoms with Crippen molar-refractivity contribution < 1.29 is 12.8 Å². The summed E-state index contributed by atoms with van der Waals surface area (Å²) in [5.74, 6) is -0.428. The molecular formula is C9H5ClFIN2O2S2. The van der Waals surface area contributed by atoms with Gasteiger partial charge in [0.1, 0.15) is 5.82 Å². The molecule has 0 fully saturated rings. The van der Waals surface area contributed by atoms with E-state index in [0.29, 0.717) is 9.26 Å². The largest absolute Gasteiger partial charge is 0.278 e. The molecule has 0 atom stereocenters. The lowest BCUT2D eigenvalue weighted by Crippen LogP contribution is -2.12. The third-order valence-electron chi connectivity index (χ3n) is 1.90. The molecule has 4 nitrogen and oxygen atoms in total. The number of aromatic nitrogens is 1. The van der Waals surface area contributed by atoms with Crippen molar-refractivity contribution in [2.24, 2.45) is 0 Å². The van der Waals surface area contributed by atoms with Crippen LogP contribution in [0.4, 0.5) is 10.1 Å². The van der Waals surface area contributed by atoms with Crippen molar-refractivity contribution in [1.29, 1.82) is 0 Å². The maximum Gasteiger partial charge on any atom is 0.273 e. The van der Waals surface area contributed by atoms with Crippen molar-refractivity contribution in [3.63, 3.8) is 0 Å². The van der Waals surface area contributed by atoms with Gasteiger partial charge >= 0.3 is 0 Å². The minimum absolute atomic E-state index is 0.00706. The molecule has 0 aliphatic heterocycles. The van der Waals surface area contributed by atoms with Gasteiger partial charge in [0.05, 0.1) is 11.9 Å². The molecule has 96 valence electrons. The Hall–Kier alpha value is -0.450. The second-order valence-corrected chi connectivity index (χ2v) is 7.85. The van der Waals surface area contributed by atoms with E-state index in [9.17, 15) is 12.8 Å². The monoisotopic (exact) mass is 418 g/mol. The van der Waals surface area contributed by atoms with Crippen molar-refractivity contribution in [3.8, 4) is 0 Å². The number of hydrogen-bond donors (Lipinski definition) is 1. The lowest BCUT2D eigenvalue weighted by molar-refractivity contribution is 0.602. The highest BCUT2D eigenvalue weighted by atomic mass is 127. The van der Waals surface area contributed by atoms with Crippen LogP contribution in [0.5, 0.6) is 0 Å². The van der Waals surface area contributed by atoms with Gasteiger partial charge in [0.2, 0.25) is 0 Å². The zero-order chi connectivity index (χ0) is 13.3. The van der Waals surface area contributed by atoms with Crippen molar-refractivity contribution >= 4 is 61.2 Å². The Balaban J connectivity index is 2.33. The third-order valence-corrected chi connectivity index (χ3v) is 5.73. The fraction of sp³-hybridized carbons (Fsp3) is 0. The van der Waals surface area contributed by atoms with E-state index in [1.54, 1.807) is 0 Å². The highest BCUT2D eigenvalue weighted by molar-refractivity contribution is 14.1. The first-order valence-corrected chi connectivity index (χ1v) is 8.23. The van der Waals surface area contributed by atoms with Crippen LogP contribution in [-0.4, -0.2) is 13.4 Å². The van der Waals surface area contributed by atoms with E-state index < -0.39 is 15.8 Å². The number of sulfonamides is 1. The van der Waals surface area contributed by atoms with Gasteiger partial charge in [-0.2, -0.15) is 0 Å². The van der Waals surface area contributed by atoms with Gasteiger partial charge in [0, 0.05) is 3.57 Å². The summed E-state index contributed by atoms with van der Waals surface area (Å²) in [6, 6.07) is 3.77. The molecule has 18 heavy (non-hydrogen) atoms. The number of hydrogen-bond acceptors (Lipinski definition) is 4. The predicted molar refractivity (Wildman–Crippen MR) is 77.0 cm³/mol. The van der Waals surface area contributed by atoms with E-state index in [0.717, 1.165) is 11.3 Å². The van der Waals surface area contributed by atoms with Crippen LogP contribution < -0.4 is 4.72 Å². The highest BCUT2D eigenvalue weighted by Gasteiger charge is 2.18. The lowest BCUT2D eigenvalue weighted by Gasteiger charge is -2.07. The summed E-state index contributed by atoms with van der Waals surface area (Å²) >= 11 is 8.28. The van der Waals surface area contributed by atoms with Gasteiger partial charge < -0.3 is 0 Å². The minimum atomic E-state index is -3.73. The second-order valence-electron chi connectivity index (χ2n) is 3.16. The summed E-state index contributed by atoms with van der Waals surface area (Å²) in [5, 5.41) is 0. The SMILES string of the molecule is O=S(=O)(Nc1ccc(F)cc1I)c1cnc(Cl)s1. The van der Waals surface area contributed by atoms with Crippen molar-refractivity contribution in [3.05, 3.63) is 38.3 Å². The van der Waals surface area contributed by atoms with E-state index in [1.165, 1.54) is 24.4 Å². The van der Waals surface area contributed by atoms with Crippen LogP contribution in [0, 0.1) is 9.39 Å². The van der Waals surface area contributed by atoms with Crippen LogP contribution in [0.1, 0.15) is 0 Å². The van der Waals surface area contributed by atoms with Crippen LogP contribution in [0.3, 0.4) is 0 Å². The third kappa shape index (κ3) is 3.11. The molecule has 1 aromatic heterocycles. The second kappa shape index (κ2) is 5.27. The Morgan fingerprint density at radius 1 is 1.44 bits per heavy atom. The molecule has 0 radical (unpaired) electrons. The number of nitrogens with zero attached hydrogens (tertiary/aromatic N) is 1. The average Bonchev–Trinajstić information content (AvgIpc) is 2.70. The summed E-state index contributed by atoms with van der Waals surface area (Å²) in [5.41, 5.74) is 0.307. The first-order chi connectivity index (χ1) is 8.38. The van der Waals surface area contributed by atoms with Gasteiger partial charge in [0.15, 0.2) is 8.68 Å². The smallest absolute Gasteiger partial charge is 0.273 e. The molecule has 0 aliphatic rings. The molecule has 0 saturated heterocycles. The molecule has 0 bridgehead atoms. The maximum atomic E-state index is 12.9. The normalized spacial score (nSPS) is 11.5. The predicted octanol–water partition coefficient (Wildman–Crippen LogP) is 3.34. The van der Waals surface area contributed by atoms with Crippen LogP contribution >= 0.6 is 45.5 Å². The number of anilines is 1. The minimum Gasteiger partial charge on any atom is -0.278 e. The van der Waals surface area contributed by atoms with Crippen LogP contribution in [-0.2, 0) is 10.0 Å². The van der Waals surface area contributed by atoms with E-state index in [1.807, 2.05) is 22.6 Å². The Kier molecular flexibility index (Phi) is 4.09. The zero-order valence-corrected chi connectivity index (χ0v) is 13.1. The van der Waals surface area contributed by atoms with E-state index >= 15 is 0 Å².